The monoisotopic (exact) mass is 313 g/mol. The number of hydrogen-bond acceptors (Lipinski definition) is 3. The fourth-order valence-electron chi connectivity index (χ4n) is 1.90. The number of para-hydroxylation sites is 1. The van der Waals surface area contributed by atoms with Crippen molar-refractivity contribution in [1.82, 2.24) is 4.90 Å². The van der Waals surface area contributed by atoms with Crippen molar-refractivity contribution < 1.29 is 9.21 Å². The van der Waals surface area contributed by atoms with E-state index in [1.807, 2.05) is 6.07 Å². The maximum Gasteiger partial charge on any atom is 0.349 e. The van der Waals surface area contributed by atoms with Crippen molar-refractivity contribution in [3.05, 3.63) is 46.3 Å². The molecule has 0 fully saturated rings. The van der Waals surface area contributed by atoms with Gasteiger partial charge in [-0.1, -0.05) is 18.2 Å². The lowest BCUT2D eigenvalue weighted by atomic mass is 10.1. The Morgan fingerprint density at radius 3 is 2.45 bits per heavy atom. The van der Waals surface area contributed by atoms with E-state index in [9.17, 15) is 9.59 Å². The number of fused-ring (bicyclic) bond motifs is 1. The molecule has 1 heterocycles. The molecule has 6 heteroatoms. The highest BCUT2D eigenvalue weighted by molar-refractivity contribution is 6.18. The number of halogens is 2. The SMILES string of the molecule is O=C(c1cc2ccccc2oc1=O)N(CCCl)CCCl. The number of rotatable bonds is 5. The second-order valence-corrected chi connectivity index (χ2v) is 4.91. The summed E-state index contributed by atoms with van der Waals surface area (Å²) < 4.78 is 5.15. The minimum Gasteiger partial charge on any atom is -0.422 e. The van der Waals surface area contributed by atoms with Crippen LogP contribution in [-0.4, -0.2) is 35.7 Å². The van der Waals surface area contributed by atoms with Gasteiger partial charge in [0, 0.05) is 30.2 Å². The summed E-state index contributed by atoms with van der Waals surface area (Å²) in [6, 6.07) is 8.58. The van der Waals surface area contributed by atoms with E-state index in [4.69, 9.17) is 27.6 Å². The Kier molecular flexibility index (Phi) is 5.04. The van der Waals surface area contributed by atoms with Crippen LogP contribution in [0.3, 0.4) is 0 Å². The summed E-state index contributed by atoms with van der Waals surface area (Å²) in [4.78, 5) is 25.7. The van der Waals surface area contributed by atoms with Gasteiger partial charge >= 0.3 is 5.63 Å². The van der Waals surface area contributed by atoms with Crippen molar-refractivity contribution in [3.8, 4) is 0 Å². The molecule has 0 unspecified atom stereocenters. The van der Waals surface area contributed by atoms with Crippen LogP contribution in [0.15, 0.2) is 39.5 Å². The van der Waals surface area contributed by atoms with Crippen molar-refractivity contribution in [2.75, 3.05) is 24.8 Å². The molecule has 0 saturated heterocycles. The third-order valence-corrected chi connectivity index (χ3v) is 3.21. The highest BCUT2D eigenvalue weighted by Gasteiger charge is 2.19. The second-order valence-electron chi connectivity index (χ2n) is 4.16. The topological polar surface area (TPSA) is 50.5 Å². The smallest absolute Gasteiger partial charge is 0.349 e. The zero-order valence-corrected chi connectivity index (χ0v) is 12.2. The van der Waals surface area contributed by atoms with Crippen LogP contribution in [0.5, 0.6) is 0 Å². The molecule has 0 atom stereocenters. The van der Waals surface area contributed by atoms with Crippen LogP contribution in [0.4, 0.5) is 0 Å². The van der Waals surface area contributed by atoms with Crippen molar-refractivity contribution in [2.24, 2.45) is 0 Å². The molecule has 2 rings (SSSR count). The van der Waals surface area contributed by atoms with Gasteiger partial charge in [-0.05, 0) is 12.1 Å². The second kappa shape index (κ2) is 6.77. The van der Waals surface area contributed by atoms with Gasteiger partial charge in [-0.15, -0.1) is 23.2 Å². The van der Waals surface area contributed by atoms with Crippen molar-refractivity contribution in [3.63, 3.8) is 0 Å². The van der Waals surface area contributed by atoms with E-state index in [-0.39, 0.29) is 17.3 Å². The molecule has 1 aromatic carbocycles. The Hall–Kier alpha value is -1.52. The lowest BCUT2D eigenvalue weighted by Crippen LogP contribution is -2.36. The van der Waals surface area contributed by atoms with Crippen molar-refractivity contribution in [1.29, 1.82) is 0 Å². The molecule has 1 aromatic heterocycles. The normalized spacial score (nSPS) is 10.7. The van der Waals surface area contributed by atoms with Crippen LogP contribution in [-0.2, 0) is 0 Å². The van der Waals surface area contributed by atoms with Gasteiger partial charge in [-0.2, -0.15) is 0 Å². The minimum absolute atomic E-state index is 0.000988. The van der Waals surface area contributed by atoms with Gasteiger partial charge in [0.05, 0.1) is 0 Å². The van der Waals surface area contributed by atoms with Gasteiger partial charge in [0.2, 0.25) is 0 Å². The summed E-state index contributed by atoms with van der Waals surface area (Å²) in [5, 5.41) is 0.701. The first-order valence-corrected chi connectivity index (χ1v) is 7.18. The molecular formula is C14H13Cl2NO3. The summed E-state index contributed by atoms with van der Waals surface area (Å²) in [7, 11) is 0. The van der Waals surface area contributed by atoms with E-state index in [1.54, 1.807) is 24.3 Å². The maximum absolute atomic E-state index is 12.3. The summed E-state index contributed by atoms with van der Waals surface area (Å²) >= 11 is 11.3. The van der Waals surface area contributed by atoms with E-state index in [2.05, 4.69) is 0 Å². The highest BCUT2D eigenvalue weighted by atomic mass is 35.5. The van der Waals surface area contributed by atoms with Crippen LogP contribution in [0.2, 0.25) is 0 Å². The summed E-state index contributed by atoms with van der Waals surface area (Å²) in [5.41, 5.74) is -0.197. The molecule has 0 saturated carbocycles. The molecule has 20 heavy (non-hydrogen) atoms. The van der Waals surface area contributed by atoms with E-state index in [0.717, 1.165) is 0 Å². The first-order valence-electron chi connectivity index (χ1n) is 6.11. The number of nitrogens with zero attached hydrogens (tertiary/aromatic N) is 1. The molecule has 106 valence electrons. The van der Waals surface area contributed by atoms with Gasteiger partial charge in [0.15, 0.2) is 0 Å². The number of carbonyl (C=O) groups excluding carboxylic acids is 1. The quantitative estimate of drug-likeness (QED) is 0.630. The molecule has 0 bridgehead atoms. The van der Waals surface area contributed by atoms with E-state index in [1.165, 1.54) is 4.90 Å². The Morgan fingerprint density at radius 2 is 1.80 bits per heavy atom. The number of carbonyl (C=O) groups is 1. The lowest BCUT2D eigenvalue weighted by Gasteiger charge is -2.19. The summed E-state index contributed by atoms with van der Waals surface area (Å²) in [6.45, 7) is 0.665. The molecule has 4 nitrogen and oxygen atoms in total. The Morgan fingerprint density at radius 1 is 1.15 bits per heavy atom. The number of amides is 1. The molecule has 0 aliphatic carbocycles. The van der Waals surface area contributed by atoms with E-state index in [0.29, 0.717) is 24.1 Å². The molecule has 0 N–H and O–H groups in total. The third-order valence-electron chi connectivity index (χ3n) is 2.87. The number of benzene rings is 1. The molecule has 0 spiro atoms. The first kappa shape index (κ1) is 14.9. The summed E-state index contributed by atoms with van der Waals surface area (Å²) in [5.74, 6) is 0.147. The standard InChI is InChI=1S/C14H13Cl2NO3/c15-5-7-17(8-6-16)13(18)11-9-10-3-1-2-4-12(10)20-14(11)19/h1-4,9H,5-8H2. The Bertz CT molecular complexity index is 663. The Balaban J connectivity index is 2.42. The first-order chi connectivity index (χ1) is 9.67. The Labute approximate surface area is 125 Å². The van der Waals surface area contributed by atoms with Gasteiger partial charge in [0.1, 0.15) is 11.1 Å². The van der Waals surface area contributed by atoms with Crippen molar-refractivity contribution >= 4 is 40.1 Å². The highest BCUT2D eigenvalue weighted by Crippen LogP contribution is 2.13. The number of hydrogen-bond donors (Lipinski definition) is 0. The van der Waals surface area contributed by atoms with E-state index < -0.39 is 11.5 Å². The van der Waals surface area contributed by atoms with E-state index >= 15 is 0 Å². The predicted octanol–water partition coefficient (Wildman–Crippen LogP) is 2.71. The maximum atomic E-state index is 12.3. The molecule has 0 aliphatic rings. The van der Waals surface area contributed by atoms with Gasteiger partial charge in [0.25, 0.3) is 5.91 Å². The molecule has 0 radical (unpaired) electrons. The zero-order chi connectivity index (χ0) is 14.5. The van der Waals surface area contributed by atoms with Gasteiger partial charge < -0.3 is 9.32 Å². The average molecular weight is 314 g/mol. The third kappa shape index (κ3) is 3.14. The fourth-order valence-corrected chi connectivity index (χ4v) is 2.31. The molecular weight excluding hydrogens is 301 g/mol. The summed E-state index contributed by atoms with van der Waals surface area (Å²) in [6.07, 6.45) is 0. The predicted molar refractivity (Wildman–Crippen MR) is 79.8 cm³/mol. The van der Waals surface area contributed by atoms with Crippen LogP contribution in [0, 0.1) is 0 Å². The van der Waals surface area contributed by atoms with Crippen LogP contribution >= 0.6 is 23.2 Å². The largest absolute Gasteiger partial charge is 0.422 e. The van der Waals surface area contributed by atoms with Crippen LogP contribution < -0.4 is 5.63 Å². The molecule has 0 aliphatic heterocycles. The minimum atomic E-state index is -0.650. The average Bonchev–Trinajstić information content (AvgIpc) is 2.45. The van der Waals surface area contributed by atoms with Crippen LogP contribution in [0.1, 0.15) is 10.4 Å². The lowest BCUT2D eigenvalue weighted by molar-refractivity contribution is 0.0771. The van der Waals surface area contributed by atoms with Gasteiger partial charge in [-0.3, -0.25) is 4.79 Å². The molecule has 2 aromatic rings. The van der Waals surface area contributed by atoms with Gasteiger partial charge in [-0.25, -0.2) is 4.79 Å². The van der Waals surface area contributed by atoms with Crippen molar-refractivity contribution in [2.45, 2.75) is 0 Å². The number of alkyl halides is 2. The molecule has 1 amide bonds. The van der Waals surface area contributed by atoms with Crippen LogP contribution in [0.25, 0.3) is 11.0 Å². The fraction of sp³-hybridized carbons (Fsp3) is 0.286. The zero-order valence-electron chi connectivity index (χ0n) is 10.6.